The number of benzene rings is 1. The van der Waals surface area contributed by atoms with Crippen LogP contribution in [-0.2, 0) is 4.79 Å². The van der Waals surface area contributed by atoms with Gasteiger partial charge in [-0.1, -0.05) is 39.7 Å². The van der Waals surface area contributed by atoms with Crippen LogP contribution in [0.3, 0.4) is 0 Å². The summed E-state index contributed by atoms with van der Waals surface area (Å²) in [6.07, 6.45) is 0. The summed E-state index contributed by atoms with van der Waals surface area (Å²) in [4.78, 5) is 23.6. The van der Waals surface area contributed by atoms with Crippen LogP contribution in [-0.4, -0.2) is 18.4 Å². The second-order valence-electron chi connectivity index (χ2n) is 4.65. The van der Waals surface area contributed by atoms with Crippen LogP contribution in [0.4, 0.5) is 5.69 Å². The summed E-state index contributed by atoms with van der Waals surface area (Å²) < 4.78 is 0. The van der Waals surface area contributed by atoms with Gasteiger partial charge in [-0.05, 0) is 43.4 Å². The van der Waals surface area contributed by atoms with Crippen molar-refractivity contribution < 1.29 is 9.59 Å². The lowest BCUT2D eigenvalue weighted by Crippen LogP contribution is -2.24. The minimum atomic E-state index is -0.418. The maximum atomic E-state index is 12.0. The van der Waals surface area contributed by atoms with E-state index in [1.807, 2.05) is 32.9 Å². The second-order valence-corrected chi connectivity index (χ2v) is 4.65. The van der Waals surface area contributed by atoms with E-state index in [4.69, 9.17) is 0 Å². The lowest BCUT2D eigenvalue weighted by Gasteiger charge is -2.13. The van der Waals surface area contributed by atoms with Crippen LogP contribution in [0.25, 0.3) is 0 Å². The van der Waals surface area contributed by atoms with E-state index in [1.54, 1.807) is 13.0 Å². The molecule has 0 atom stereocenters. The summed E-state index contributed by atoms with van der Waals surface area (Å²) in [7, 11) is 0. The highest BCUT2D eigenvalue weighted by atomic mass is 16.2. The van der Waals surface area contributed by atoms with Crippen molar-refractivity contribution in [3.05, 3.63) is 29.3 Å². The van der Waals surface area contributed by atoms with Crippen LogP contribution >= 0.6 is 0 Å². The minimum absolute atomic E-state index is 0.206. The zero-order valence-corrected chi connectivity index (χ0v) is 14.3. The molecule has 120 valence electrons. The van der Waals surface area contributed by atoms with Crippen molar-refractivity contribution in [3.8, 4) is 11.8 Å². The van der Waals surface area contributed by atoms with Gasteiger partial charge >= 0.3 is 0 Å². The van der Waals surface area contributed by atoms with Gasteiger partial charge in [0, 0.05) is 6.54 Å². The molecule has 0 aliphatic carbocycles. The Morgan fingerprint density at radius 2 is 1.86 bits per heavy atom. The third-order valence-electron chi connectivity index (χ3n) is 2.78. The van der Waals surface area contributed by atoms with Crippen molar-refractivity contribution >= 4 is 17.5 Å². The van der Waals surface area contributed by atoms with Gasteiger partial charge in [-0.2, -0.15) is 0 Å². The molecule has 1 aromatic carbocycles. The van der Waals surface area contributed by atoms with Crippen LogP contribution in [0.5, 0.6) is 0 Å². The number of hydrogen-bond acceptors (Lipinski definition) is 2. The molecule has 0 unspecified atom stereocenters. The Bertz CT molecular complexity index is 566. The molecule has 22 heavy (non-hydrogen) atoms. The van der Waals surface area contributed by atoms with Gasteiger partial charge in [0.15, 0.2) is 0 Å². The first kappa shape index (κ1) is 19.7. The molecule has 0 saturated heterocycles. The number of hydrogen-bond donors (Lipinski definition) is 2. The molecule has 0 saturated carbocycles. The van der Waals surface area contributed by atoms with E-state index < -0.39 is 5.91 Å². The minimum Gasteiger partial charge on any atom is -0.352 e. The molecule has 0 aromatic heterocycles. The van der Waals surface area contributed by atoms with Crippen LogP contribution in [0.1, 0.15) is 63.4 Å². The fourth-order valence-corrected chi connectivity index (χ4v) is 1.75. The SMILES string of the molecule is CC.CC#CC(=O)Nc1cc(C(C)C)ccc1C(=O)NCC. The molecule has 0 fully saturated rings. The number of rotatable bonds is 4. The number of nitrogens with one attached hydrogen (secondary N) is 2. The van der Waals surface area contributed by atoms with Gasteiger partial charge in [0.1, 0.15) is 0 Å². The summed E-state index contributed by atoms with van der Waals surface area (Å²) in [6, 6.07) is 5.45. The van der Waals surface area contributed by atoms with Crippen LogP contribution in [0.15, 0.2) is 18.2 Å². The van der Waals surface area contributed by atoms with Gasteiger partial charge in [0.25, 0.3) is 11.8 Å². The highest BCUT2D eigenvalue weighted by Crippen LogP contribution is 2.23. The average Bonchev–Trinajstić information content (AvgIpc) is 2.49. The largest absolute Gasteiger partial charge is 0.352 e. The normalized spacial score (nSPS) is 9.05. The Hall–Kier alpha value is -2.28. The average molecular weight is 302 g/mol. The molecule has 2 N–H and O–H groups in total. The Morgan fingerprint density at radius 3 is 2.36 bits per heavy atom. The predicted octanol–water partition coefficient (Wildman–Crippen LogP) is 3.55. The molecule has 1 aromatic rings. The molecule has 0 radical (unpaired) electrons. The van der Waals surface area contributed by atoms with Crippen molar-refractivity contribution in [2.45, 2.75) is 47.5 Å². The van der Waals surface area contributed by atoms with E-state index >= 15 is 0 Å². The third-order valence-corrected chi connectivity index (χ3v) is 2.78. The highest BCUT2D eigenvalue weighted by Gasteiger charge is 2.14. The van der Waals surface area contributed by atoms with E-state index in [0.29, 0.717) is 23.7 Å². The summed E-state index contributed by atoms with van der Waals surface area (Å²) >= 11 is 0. The van der Waals surface area contributed by atoms with Crippen molar-refractivity contribution in [1.82, 2.24) is 5.32 Å². The maximum Gasteiger partial charge on any atom is 0.300 e. The summed E-state index contributed by atoms with van der Waals surface area (Å²) in [5, 5.41) is 5.40. The summed E-state index contributed by atoms with van der Waals surface area (Å²) in [5.41, 5.74) is 2.00. The maximum absolute atomic E-state index is 12.0. The molecule has 4 heteroatoms. The Labute approximate surface area is 133 Å². The summed E-state index contributed by atoms with van der Waals surface area (Å²) in [5.74, 6) is 4.63. The molecule has 0 aliphatic heterocycles. The Kier molecular flexibility index (Phi) is 9.36. The van der Waals surface area contributed by atoms with Gasteiger partial charge in [0.05, 0.1) is 11.3 Å². The van der Waals surface area contributed by atoms with Gasteiger partial charge < -0.3 is 10.6 Å². The fourth-order valence-electron chi connectivity index (χ4n) is 1.75. The van der Waals surface area contributed by atoms with Crippen molar-refractivity contribution in [1.29, 1.82) is 0 Å². The zero-order chi connectivity index (χ0) is 17.1. The molecule has 4 nitrogen and oxygen atoms in total. The van der Waals surface area contributed by atoms with E-state index in [9.17, 15) is 9.59 Å². The Morgan fingerprint density at radius 1 is 1.23 bits per heavy atom. The second kappa shape index (κ2) is 10.4. The standard InChI is InChI=1S/C16H20N2O2.C2H6/c1-5-7-15(19)18-14-10-12(11(3)4)8-9-13(14)16(20)17-6-2;1-2/h8-11H,6H2,1-4H3,(H,17,20)(H,18,19);1-2H3. The van der Waals surface area contributed by atoms with E-state index in [-0.39, 0.29) is 5.91 Å². The number of anilines is 1. The fraction of sp³-hybridized carbons (Fsp3) is 0.444. The first-order valence-corrected chi connectivity index (χ1v) is 7.65. The molecular formula is C18H26N2O2. The van der Waals surface area contributed by atoms with Crippen molar-refractivity contribution in [2.75, 3.05) is 11.9 Å². The monoisotopic (exact) mass is 302 g/mol. The van der Waals surface area contributed by atoms with Crippen LogP contribution in [0, 0.1) is 11.8 Å². The topological polar surface area (TPSA) is 58.2 Å². The van der Waals surface area contributed by atoms with E-state index in [2.05, 4.69) is 36.3 Å². The molecule has 0 bridgehead atoms. The molecule has 0 heterocycles. The molecule has 2 amide bonds. The van der Waals surface area contributed by atoms with Crippen LogP contribution in [0.2, 0.25) is 0 Å². The first-order valence-electron chi connectivity index (χ1n) is 7.65. The Balaban J connectivity index is 0.00000211. The van der Waals surface area contributed by atoms with Crippen molar-refractivity contribution in [2.24, 2.45) is 0 Å². The van der Waals surface area contributed by atoms with Crippen molar-refractivity contribution in [3.63, 3.8) is 0 Å². The highest BCUT2D eigenvalue weighted by molar-refractivity contribution is 6.08. The van der Waals surface area contributed by atoms with Gasteiger partial charge in [-0.25, -0.2) is 0 Å². The third kappa shape index (κ3) is 6.01. The summed E-state index contributed by atoms with van der Waals surface area (Å²) in [6.45, 7) is 12.1. The zero-order valence-electron chi connectivity index (χ0n) is 14.3. The van der Waals surface area contributed by atoms with E-state index in [0.717, 1.165) is 5.56 Å². The van der Waals surface area contributed by atoms with E-state index in [1.165, 1.54) is 0 Å². The number of amides is 2. The number of carbonyl (C=O) groups excluding carboxylic acids is 2. The van der Waals surface area contributed by atoms with Crippen LogP contribution < -0.4 is 10.6 Å². The molecule has 0 aliphatic rings. The quantitative estimate of drug-likeness (QED) is 0.836. The van der Waals surface area contributed by atoms with Gasteiger partial charge in [-0.3, -0.25) is 9.59 Å². The first-order chi connectivity index (χ1) is 10.5. The molecule has 0 spiro atoms. The lowest BCUT2D eigenvalue weighted by atomic mass is 9.99. The number of carbonyl (C=O) groups is 2. The van der Waals surface area contributed by atoms with Gasteiger partial charge in [0.2, 0.25) is 0 Å². The van der Waals surface area contributed by atoms with Gasteiger partial charge in [-0.15, -0.1) is 0 Å². The lowest BCUT2D eigenvalue weighted by molar-refractivity contribution is -0.111. The smallest absolute Gasteiger partial charge is 0.300 e. The molecule has 1 rings (SSSR count). The predicted molar refractivity (Wildman–Crippen MR) is 92.0 cm³/mol. The molecular weight excluding hydrogens is 276 g/mol.